The number of carbonyl (C=O) groups excluding carboxylic acids is 1. The topological polar surface area (TPSA) is 91.7 Å². The third kappa shape index (κ3) is 6.31. The van der Waals surface area contributed by atoms with Gasteiger partial charge in [-0.3, -0.25) is 9.59 Å². The van der Waals surface area contributed by atoms with Crippen molar-refractivity contribution in [1.82, 2.24) is 15.1 Å². The smallest absolute Gasteiger partial charge is 0.266 e. The van der Waals surface area contributed by atoms with Gasteiger partial charge in [0.2, 0.25) is 0 Å². The van der Waals surface area contributed by atoms with Crippen molar-refractivity contribution in [3.05, 3.63) is 67.9 Å². The lowest BCUT2D eigenvalue weighted by Crippen LogP contribution is -2.34. The molecule has 8 nitrogen and oxygen atoms in total. The Morgan fingerprint density at radius 3 is 2.39 bits per heavy atom. The van der Waals surface area contributed by atoms with E-state index in [4.69, 9.17) is 49.0 Å². The number of carbonyl (C=O) groups is 1. The summed E-state index contributed by atoms with van der Waals surface area (Å²) in [6.07, 6.45) is 0. The summed E-state index contributed by atoms with van der Waals surface area (Å²) in [5.41, 5.74) is 1.02. The van der Waals surface area contributed by atoms with Crippen molar-refractivity contribution in [2.75, 3.05) is 27.4 Å². The number of benzene rings is 2. The zero-order valence-corrected chi connectivity index (χ0v) is 20.0. The lowest BCUT2D eigenvalue weighted by molar-refractivity contribution is -0.123. The van der Waals surface area contributed by atoms with E-state index in [1.54, 1.807) is 25.3 Å². The molecule has 3 rings (SSSR count). The Hall–Kier alpha value is -2.94. The molecule has 2 aromatic carbocycles. The molecule has 1 amide bonds. The fourth-order valence-corrected chi connectivity index (χ4v) is 3.46. The second-order valence-electron chi connectivity index (χ2n) is 6.69. The third-order valence-corrected chi connectivity index (χ3v) is 5.54. The lowest BCUT2D eigenvalue weighted by Gasteiger charge is -2.12. The first-order chi connectivity index (χ1) is 15.8. The number of nitrogens with zero attached hydrogens (tertiary/aromatic N) is 2. The molecule has 0 aliphatic rings. The average Bonchev–Trinajstić information content (AvgIpc) is 2.81. The molecule has 0 spiro atoms. The largest absolute Gasteiger partial charge is 0.493 e. The standard InChI is InChI=1S/C22H20Cl3N3O5/c1-31-18-5-3-13(9-20(18)32-2)17-4-6-22(30)28(27-17)8-7-26-21(29)12-33-19-11-15(24)14(23)10-16(19)25/h3-6,9-11H,7-8,12H2,1-2H3,(H,26,29). The number of aromatic nitrogens is 2. The zero-order valence-electron chi connectivity index (χ0n) is 17.7. The Morgan fingerprint density at radius 2 is 1.67 bits per heavy atom. The molecule has 0 aliphatic heterocycles. The summed E-state index contributed by atoms with van der Waals surface area (Å²) >= 11 is 17.8. The van der Waals surface area contributed by atoms with E-state index in [0.717, 1.165) is 5.56 Å². The maximum Gasteiger partial charge on any atom is 0.266 e. The van der Waals surface area contributed by atoms with E-state index in [1.165, 1.54) is 30.0 Å². The van der Waals surface area contributed by atoms with Crippen LogP contribution in [0.4, 0.5) is 0 Å². The number of hydrogen-bond donors (Lipinski definition) is 1. The molecule has 11 heteroatoms. The number of hydrogen-bond acceptors (Lipinski definition) is 6. The van der Waals surface area contributed by atoms with Crippen LogP contribution >= 0.6 is 34.8 Å². The quantitative estimate of drug-likeness (QED) is 0.434. The van der Waals surface area contributed by atoms with Gasteiger partial charge in [-0.05, 0) is 30.3 Å². The SMILES string of the molecule is COc1ccc(-c2ccc(=O)n(CCNC(=O)COc3cc(Cl)c(Cl)cc3Cl)n2)cc1OC. The van der Waals surface area contributed by atoms with Crippen LogP contribution in [0.5, 0.6) is 17.2 Å². The lowest BCUT2D eigenvalue weighted by atomic mass is 10.1. The Balaban J connectivity index is 1.60. The molecular weight excluding hydrogens is 493 g/mol. The molecule has 3 aromatic rings. The van der Waals surface area contributed by atoms with Crippen LogP contribution in [-0.4, -0.2) is 43.1 Å². The highest BCUT2D eigenvalue weighted by Gasteiger charge is 2.11. The number of halogens is 3. The van der Waals surface area contributed by atoms with Crippen molar-refractivity contribution in [2.45, 2.75) is 6.54 Å². The number of methoxy groups -OCH3 is 2. The molecule has 1 aromatic heterocycles. The Bertz CT molecular complexity index is 1220. The van der Waals surface area contributed by atoms with Crippen LogP contribution in [0.3, 0.4) is 0 Å². The van der Waals surface area contributed by atoms with Crippen molar-refractivity contribution in [3.63, 3.8) is 0 Å². The molecule has 0 fully saturated rings. The third-order valence-electron chi connectivity index (χ3n) is 4.53. The highest BCUT2D eigenvalue weighted by atomic mass is 35.5. The van der Waals surface area contributed by atoms with Gasteiger partial charge < -0.3 is 19.5 Å². The second-order valence-corrected chi connectivity index (χ2v) is 7.91. The number of amides is 1. The predicted molar refractivity (Wildman–Crippen MR) is 127 cm³/mol. The summed E-state index contributed by atoms with van der Waals surface area (Å²) in [4.78, 5) is 24.3. The average molecular weight is 513 g/mol. The van der Waals surface area contributed by atoms with Crippen LogP contribution < -0.4 is 25.1 Å². The molecule has 0 saturated heterocycles. The van der Waals surface area contributed by atoms with Crippen LogP contribution in [0.1, 0.15) is 0 Å². The van der Waals surface area contributed by atoms with E-state index in [0.29, 0.717) is 17.2 Å². The molecule has 33 heavy (non-hydrogen) atoms. The van der Waals surface area contributed by atoms with Crippen molar-refractivity contribution in [2.24, 2.45) is 0 Å². The summed E-state index contributed by atoms with van der Waals surface area (Å²) in [6, 6.07) is 11.2. The maximum absolute atomic E-state index is 12.2. The van der Waals surface area contributed by atoms with Gasteiger partial charge in [0.25, 0.3) is 11.5 Å². The van der Waals surface area contributed by atoms with E-state index >= 15 is 0 Å². The van der Waals surface area contributed by atoms with E-state index in [9.17, 15) is 9.59 Å². The fourth-order valence-electron chi connectivity index (χ4n) is 2.87. The van der Waals surface area contributed by atoms with Crippen molar-refractivity contribution in [3.8, 4) is 28.5 Å². The van der Waals surface area contributed by atoms with E-state index < -0.39 is 5.91 Å². The second kappa shape index (κ2) is 11.3. The van der Waals surface area contributed by atoms with Gasteiger partial charge in [-0.15, -0.1) is 0 Å². The van der Waals surface area contributed by atoms with Gasteiger partial charge in [0.05, 0.1) is 41.5 Å². The minimum Gasteiger partial charge on any atom is -0.493 e. The highest BCUT2D eigenvalue weighted by Crippen LogP contribution is 2.34. The minimum absolute atomic E-state index is 0.166. The molecule has 0 atom stereocenters. The summed E-state index contributed by atoms with van der Waals surface area (Å²) in [7, 11) is 3.09. The monoisotopic (exact) mass is 511 g/mol. The fraction of sp³-hybridized carbons (Fsp3) is 0.227. The first kappa shape index (κ1) is 24.7. The normalized spacial score (nSPS) is 10.6. The summed E-state index contributed by atoms with van der Waals surface area (Å²) in [6.45, 7) is 0.0461. The first-order valence-electron chi connectivity index (χ1n) is 9.67. The number of rotatable bonds is 9. The Labute approximate surface area is 204 Å². The van der Waals surface area contributed by atoms with Gasteiger partial charge in [0, 0.05) is 24.2 Å². The van der Waals surface area contributed by atoms with Gasteiger partial charge in [-0.25, -0.2) is 4.68 Å². The van der Waals surface area contributed by atoms with Crippen LogP contribution in [0.15, 0.2) is 47.3 Å². The van der Waals surface area contributed by atoms with Gasteiger partial charge in [-0.1, -0.05) is 34.8 Å². The molecule has 0 aliphatic carbocycles. The Kier molecular flexibility index (Phi) is 8.43. The van der Waals surface area contributed by atoms with Gasteiger partial charge >= 0.3 is 0 Å². The number of ether oxygens (including phenoxy) is 3. The van der Waals surface area contributed by atoms with E-state index in [1.807, 2.05) is 6.07 Å². The molecule has 0 radical (unpaired) electrons. The summed E-state index contributed by atoms with van der Waals surface area (Å²) in [5, 5.41) is 7.82. The molecule has 0 bridgehead atoms. The summed E-state index contributed by atoms with van der Waals surface area (Å²) in [5.74, 6) is 0.966. The van der Waals surface area contributed by atoms with Gasteiger partial charge in [0.1, 0.15) is 5.75 Å². The van der Waals surface area contributed by atoms with Crippen molar-refractivity contribution >= 4 is 40.7 Å². The predicted octanol–water partition coefficient (Wildman–Crippen LogP) is 4.08. The maximum atomic E-state index is 12.2. The molecule has 0 saturated carbocycles. The molecule has 1 heterocycles. The van der Waals surface area contributed by atoms with Crippen molar-refractivity contribution < 1.29 is 19.0 Å². The summed E-state index contributed by atoms with van der Waals surface area (Å²) < 4.78 is 17.2. The molecular formula is C22H20Cl3N3O5. The molecule has 174 valence electrons. The van der Waals surface area contributed by atoms with E-state index in [-0.39, 0.29) is 46.1 Å². The van der Waals surface area contributed by atoms with Crippen LogP contribution in [0.2, 0.25) is 15.1 Å². The molecule has 1 N–H and O–H groups in total. The van der Waals surface area contributed by atoms with Crippen LogP contribution in [0, 0.1) is 0 Å². The number of nitrogens with one attached hydrogen (secondary N) is 1. The van der Waals surface area contributed by atoms with Crippen molar-refractivity contribution in [1.29, 1.82) is 0 Å². The van der Waals surface area contributed by atoms with Gasteiger partial charge in [-0.2, -0.15) is 5.10 Å². The molecule has 0 unspecified atom stereocenters. The highest BCUT2D eigenvalue weighted by molar-refractivity contribution is 6.43. The zero-order chi connectivity index (χ0) is 24.0. The van der Waals surface area contributed by atoms with Crippen LogP contribution in [-0.2, 0) is 11.3 Å². The minimum atomic E-state index is -0.402. The van der Waals surface area contributed by atoms with E-state index in [2.05, 4.69) is 10.4 Å². The Morgan fingerprint density at radius 1 is 0.939 bits per heavy atom. The first-order valence-corrected chi connectivity index (χ1v) is 10.8. The van der Waals surface area contributed by atoms with Gasteiger partial charge in [0.15, 0.2) is 18.1 Å². The van der Waals surface area contributed by atoms with Crippen LogP contribution in [0.25, 0.3) is 11.3 Å².